The van der Waals surface area contributed by atoms with E-state index in [1.807, 2.05) is 54.6 Å². The highest BCUT2D eigenvalue weighted by Crippen LogP contribution is 2.28. The van der Waals surface area contributed by atoms with E-state index in [1.165, 1.54) is 17.5 Å². The van der Waals surface area contributed by atoms with Crippen LogP contribution >= 0.6 is 0 Å². The van der Waals surface area contributed by atoms with Crippen molar-refractivity contribution < 1.29 is 18.7 Å². The van der Waals surface area contributed by atoms with Gasteiger partial charge in [-0.15, -0.1) is 0 Å². The van der Waals surface area contributed by atoms with Crippen molar-refractivity contribution in [3.63, 3.8) is 0 Å². The van der Waals surface area contributed by atoms with E-state index in [9.17, 15) is 9.18 Å². The Morgan fingerprint density at radius 3 is 2.28 bits per heavy atom. The molecule has 36 heavy (non-hydrogen) atoms. The smallest absolute Gasteiger partial charge is 0.412 e. The van der Waals surface area contributed by atoms with E-state index in [-0.39, 0.29) is 11.9 Å². The summed E-state index contributed by atoms with van der Waals surface area (Å²) in [5, 5.41) is 2.31. The molecule has 1 amide bonds. The number of amides is 1. The Labute approximate surface area is 211 Å². The van der Waals surface area contributed by atoms with Crippen molar-refractivity contribution in [2.75, 3.05) is 13.1 Å². The molecule has 184 valence electrons. The summed E-state index contributed by atoms with van der Waals surface area (Å²) in [5.74, 6) is 0.0881. The van der Waals surface area contributed by atoms with E-state index < -0.39 is 6.29 Å². The third kappa shape index (κ3) is 6.10. The molecule has 1 heterocycles. The first-order valence-electron chi connectivity index (χ1n) is 12.5. The predicted octanol–water partition coefficient (Wildman–Crippen LogP) is 7.08. The quantitative estimate of drug-likeness (QED) is 0.264. The molecule has 4 nitrogen and oxygen atoms in total. The zero-order chi connectivity index (χ0) is 24.7. The molecule has 4 aromatic rings. The fourth-order valence-electron chi connectivity index (χ4n) is 4.77. The van der Waals surface area contributed by atoms with Crippen molar-refractivity contribution in [2.45, 2.75) is 38.1 Å². The summed E-state index contributed by atoms with van der Waals surface area (Å²) < 4.78 is 25.3. The zero-order valence-corrected chi connectivity index (χ0v) is 20.2. The summed E-state index contributed by atoms with van der Waals surface area (Å²) in [7, 11) is 0. The maximum atomic E-state index is 13.3. The number of hydrogen-bond donors (Lipinski definition) is 0. The van der Waals surface area contributed by atoms with Gasteiger partial charge in [0.2, 0.25) is 6.29 Å². The summed E-state index contributed by atoms with van der Waals surface area (Å²) >= 11 is 0. The van der Waals surface area contributed by atoms with Gasteiger partial charge >= 0.3 is 6.09 Å². The molecule has 1 atom stereocenters. The second-order valence-electron chi connectivity index (χ2n) is 9.31. The minimum atomic E-state index is -0.700. The van der Waals surface area contributed by atoms with Gasteiger partial charge in [0.05, 0.1) is 6.61 Å². The molecular formula is C31H30FNO3. The van der Waals surface area contributed by atoms with Crippen molar-refractivity contribution in [1.82, 2.24) is 4.90 Å². The van der Waals surface area contributed by atoms with E-state index in [0.29, 0.717) is 32.0 Å². The van der Waals surface area contributed by atoms with Gasteiger partial charge in [0.1, 0.15) is 5.82 Å². The van der Waals surface area contributed by atoms with Gasteiger partial charge < -0.3 is 14.4 Å². The molecule has 0 bridgehead atoms. The number of nitrogens with zero attached hydrogens (tertiary/aromatic N) is 1. The average Bonchev–Trinajstić information content (AvgIpc) is 2.93. The Bertz CT molecular complexity index is 1280. The van der Waals surface area contributed by atoms with Gasteiger partial charge in [0, 0.05) is 19.5 Å². The molecule has 0 spiro atoms. The summed E-state index contributed by atoms with van der Waals surface area (Å²) in [6, 6.07) is 31.0. The fourth-order valence-corrected chi connectivity index (χ4v) is 4.77. The number of hydrogen-bond acceptors (Lipinski definition) is 3. The Hall–Kier alpha value is -3.70. The fraction of sp³-hybridized carbons (Fsp3) is 0.258. The lowest BCUT2D eigenvalue weighted by atomic mass is 9.89. The molecule has 1 fully saturated rings. The number of piperidine rings is 1. The number of carbonyl (C=O) groups is 1. The van der Waals surface area contributed by atoms with Crippen LogP contribution in [0.25, 0.3) is 10.8 Å². The third-order valence-electron chi connectivity index (χ3n) is 6.82. The van der Waals surface area contributed by atoms with Crippen molar-refractivity contribution in [2.24, 2.45) is 0 Å². The minimum absolute atomic E-state index is 0.229. The predicted molar refractivity (Wildman–Crippen MR) is 139 cm³/mol. The van der Waals surface area contributed by atoms with Crippen molar-refractivity contribution in [3.05, 3.63) is 120 Å². The number of ether oxygens (including phenoxy) is 2. The van der Waals surface area contributed by atoms with Crippen molar-refractivity contribution in [3.8, 4) is 0 Å². The summed E-state index contributed by atoms with van der Waals surface area (Å²) in [5.41, 5.74) is 3.19. The van der Waals surface area contributed by atoms with Gasteiger partial charge in [-0.25, -0.2) is 9.18 Å². The lowest BCUT2D eigenvalue weighted by Gasteiger charge is -2.32. The van der Waals surface area contributed by atoms with Gasteiger partial charge in [0.15, 0.2) is 0 Å². The molecule has 5 rings (SSSR count). The van der Waals surface area contributed by atoms with Gasteiger partial charge in [0.25, 0.3) is 0 Å². The van der Waals surface area contributed by atoms with E-state index in [0.717, 1.165) is 34.9 Å². The van der Waals surface area contributed by atoms with Crippen LogP contribution in [0.4, 0.5) is 9.18 Å². The van der Waals surface area contributed by atoms with Crippen LogP contribution in [-0.4, -0.2) is 30.4 Å². The first-order valence-corrected chi connectivity index (χ1v) is 12.5. The maximum absolute atomic E-state index is 13.3. The lowest BCUT2D eigenvalue weighted by molar-refractivity contribution is -0.119. The van der Waals surface area contributed by atoms with Gasteiger partial charge in [-0.05, 0) is 58.4 Å². The number of rotatable bonds is 7. The average molecular weight is 484 g/mol. The number of halogens is 1. The monoisotopic (exact) mass is 483 g/mol. The third-order valence-corrected chi connectivity index (χ3v) is 6.82. The Morgan fingerprint density at radius 1 is 0.833 bits per heavy atom. The Kier molecular flexibility index (Phi) is 7.58. The van der Waals surface area contributed by atoms with Crippen LogP contribution in [0.15, 0.2) is 97.1 Å². The van der Waals surface area contributed by atoms with Gasteiger partial charge in [-0.2, -0.15) is 0 Å². The highest BCUT2D eigenvalue weighted by Gasteiger charge is 2.27. The van der Waals surface area contributed by atoms with Crippen molar-refractivity contribution >= 4 is 16.9 Å². The second-order valence-corrected chi connectivity index (χ2v) is 9.31. The standard InChI is InChI=1S/C31H30FNO3/c32-29-14-12-26(13-15-29)27-16-18-33(19-17-27)31(34)36-30(35-22-23-6-2-1-3-7-23)21-24-10-11-25-8-4-5-9-28(25)20-24/h1-15,20,27,30H,16-19,21-22H2. The molecule has 0 aliphatic carbocycles. The summed E-state index contributed by atoms with van der Waals surface area (Å²) in [4.78, 5) is 14.8. The van der Waals surface area contributed by atoms with E-state index >= 15 is 0 Å². The number of benzene rings is 4. The molecule has 0 N–H and O–H groups in total. The molecule has 0 saturated carbocycles. The second kappa shape index (κ2) is 11.4. The van der Waals surface area contributed by atoms with Crippen LogP contribution in [0.2, 0.25) is 0 Å². The van der Waals surface area contributed by atoms with Crippen LogP contribution in [0, 0.1) is 5.82 Å². The number of likely N-dealkylation sites (tertiary alicyclic amines) is 1. The van der Waals surface area contributed by atoms with Crippen LogP contribution in [-0.2, 0) is 22.5 Å². The van der Waals surface area contributed by atoms with E-state index in [1.54, 1.807) is 4.90 Å². The molecule has 1 aliphatic heterocycles. The first kappa shape index (κ1) is 24.0. The molecule has 0 radical (unpaired) electrons. The van der Waals surface area contributed by atoms with Crippen molar-refractivity contribution in [1.29, 1.82) is 0 Å². The van der Waals surface area contributed by atoms with E-state index in [2.05, 4.69) is 30.3 Å². The topological polar surface area (TPSA) is 38.8 Å². The lowest BCUT2D eigenvalue weighted by Crippen LogP contribution is -2.40. The molecule has 4 aromatic carbocycles. The highest BCUT2D eigenvalue weighted by atomic mass is 19.1. The van der Waals surface area contributed by atoms with Crippen LogP contribution in [0.1, 0.15) is 35.4 Å². The summed E-state index contributed by atoms with van der Waals surface area (Å²) in [6.07, 6.45) is 1.05. The molecular weight excluding hydrogens is 453 g/mol. The van der Waals surface area contributed by atoms with E-state index in [4.69, 9.17) is 9.47 Å². The van der Waals surface area contributed by atoms with Crippen LogP contribution < -0.4 is 0 Å². The normalized spacial score (nSPS) is 15.1. The van der Waals surface area contributed by atoms with Gasteiger partial charge in [-0.1, -0.05) is 84.9 Å². The SMILES string of the molecule is O=C(OC(Cc1ccc2ccccc2c1)OCc1ccccc1)N1CCC(c2ccc(F)cc2)CC1. The molecule has 0 aromatic heterocycles. The molecule has 5 heteroatoms. The van der Waals surface area contributed by atoms with Gasteiger partial charge in [-0.3, -0.25) is 0 Å². The number of fused-ring (bicyclic) bond motifs is 1. The molecule has 1 saturated heterocycles. The Morgan fingerprint density at radius 2 is 1.53 bits per heavy atom. The summed E-state index contributed by atoms with van der Waals surface area (Å²) in [6.45, 7) is 1.56. The highest BCUT2D eigenvalue weighted by molar-refractivity contribution is 5.83. The molecule has 1 aliphatic rings. The zero-order valence-electron chi connectivity index (χ0n) is 20.2. The number of carbonyl (C=O) groups excluding carboxylic acids is 1. The minimum Gasteiger partial charge on any atom is -0.419 e. The Balaban J connectivity index is 1.23. The largest absolute Gasteiger partial charge is 0.419 e. The first-order chi connectivity index (χ1) is 17.6. The van der Waals surface area contributed by atoms with Crippen LogP contribution in [0.3, 0.4) is 0 Å². The van der Waals surface area contributed by atoms with Crippen LogP contribution in [0.5, 0.6) is 0 Å². The maximum Gasteiger partial charge on any atom is 0.412 e. The molecule has 1 unspecified atom stereocenters.